The Morgan fingerprint density at radius 2 is 2.32 bits per heavy atom. The molecule has 2 aromatic heterocycles. The summed E-state index contributed by atoms with van der Waals surface area (Å²) in [4.78, 5) is 22.2. The molecule has 0 radical (unpaired) electrons. The molecule has 1 saturated carbocycles. The van der Waals surface area contributed by atoms with Crippen molar-refractivity contribution in [2.24, 2.45) is 5.41 Å². The summed E-state index contributed by atoms with van der Waals surface area (Å²) in [6.07, 6.45) is 2.09. The maximum absolute atomic E-state index is 11.4. The van der Waals surface area contributed by atoms with Crippen LogP contribution in [0.1, 0.15) is 19.3 Å². The number of carbonyl (C=O) groups is 1. The summed E-state index contributed by atoms with van der Waals surface area (Å²) in [5, 5.41) is 19.8. The van der Waals surface area contributed by atoms with Gasteiger partial charge >= 0.3 is 11.7 Å². The number of rotatable bonds is 5. The molecule has 0 aliphatic heterocycles. The quantitative estimate of drug-likeness (QED) is 0.784. The first-order chi connectivity index (χ1) is 9.08. The SMILES string of the molecule is O=C(O)CC1(CSc2ccc3n[nH]c(=O)n3n2)CC1. The maximum atomic E-state index is 11.4. The minimum absolute atomic E-state index is 0.0888. The van der Waals surface area contributed by atoms with Gasteiger partial charge in [-0.05, 0) is 30.4 Å². The number of nitrogens with one attached hydrogen (secondary N) is 1. The molecule has 1 fully saturated rings. The third kappa shape index (κ3) is 2.48. The van der Waals surface area contributed by atoms with Gasteiger partial charge in [-0.3, -0.25) is 4.79 Å². The van der Waals surface area contributed by atoms with Crippen molar-refractivity contribution < 1.29 is 9.90 Å². The number of fused-ring (bicyclic) bond motifs is 1. The molecule has 19 heavy (non-hydrogen) atoms. The molecule has 8 heteroatoms. The first-order valence-corrected chi connectivity index (χ1v) is 6.86. The minimum Gasteiger partial charge on any atom is -0.481 e. The van der Waals surface area contributed by atoms with Gasteiger partial charge in [-0.25, -0.2) is 9.89 Å². The average Bonchev–Trinajstić information content (AvgIpc) is 3.03. The van der Waals surface area contributed by atoms with Crippen LogP contribution in [0.25, 0.3) is 5.65 Å². The van der Waals surface area contributed by atoms with Crippen molar-refractivity contribution in [3.05, 3.63) is 22.6 Å². The fourth-order valence-corrected chi connectivity index (χ4v) is 3.11. The number of carboxylic acids is 1. The number of thioether (sulfide) groups is 1. The third-order valence-corrected chi connectivity index (χ3v) is 4.53. The summed E-state index contributed by atoms with van der Waals surface area (Å²) in [7, 11) is 0. The number of hydrogen-bond donors (Lipinski definition) is 2. The summed E-state index contributed by atoms with van der Waals surface area (Å²) in [5.41, 5.74) is 0.0132. The summed E-state index contributed by atoms with van der Waals surface area (Å²) in [6.45, 7) is 0. The predicted molar refractivity (Wildman–Crippen MR) is 68.3 cm³/mol. The van der Waals surface area contributed by atoms with E-state index in [9.17, 15) is 9.59 Å². The molecule has 0 aromatic carbocycles. The summed E-state index contributed by atoms with van der Waals surface area (Å²) in [6, 6.07) is 3.50. The molecule has 0 unspecified atom stereocenters. The van der Waals surface area contributed by atoms with Crippen LogP contribution in [0, 0.1) is 5.41 Å². The van der Waals surface area contributed by atoms with E-state index in [2.05, 4.69) is 15.3 Å². The van der Waals surface area contributed by atoms with Gasteiger partial charge < -0.3 is 5.11 Å². The Hall–Kier alpha value is -1.83. The van der Waals surface area contributed by atoms with Crippen molar-refractivity contribution in [1.29, 1.82) is 0 Å². The van der Waals surface area contributed by atoms with E-state index in [1.165, 1.54) is 16.3 Å². The lowest BCUT2D eigenvalue weighted by molar-refractivity contribution is -0.138. The molecule has 1 aliphatic rings. The van der Waals surface area contributed by atoms with E-state index in [-0.39, 0.29) is 17.5 Å². The Morgan fingerprint density at radius 3 is 3.00 bits per heavy atom. The Labute approximate surface area is 112 Å². The molecule has 2 N–H and O–H groups in total. The molecule has 0 atom stereocenters. The molecule has 0 saturated heterocycles. The molecule has 0 bridgehead atoms. The predicted octanol–water partition coefficient (Wildman–Crippen LogP) is 0.765. The number of carboxylic acid groups (broad SMARTS) is 1. The largest absolute Gasteiger partial charge is 0.481 e. The molecule has 2 aromatic rings. The van der Waals surface area contributed by atoms with E-state index >= 15 is 0 Å². The Balaban J connectivity index is 1.73. The van der Waals surface area contributed by atoms with Crippen molar-refractivity contribution in [2.75, 3.05) is 5.75 Å². The van der Waals surface area contributed by atoms with Crippen LogP contribution in [-0.4, -0.2) is 36.6 Å². The number of aromatic nitrogens is 4. The van der Waals surface area contributed by atoms with E-state index in [0.717, 1.165) is 12.8 Å². The number of hydrogen-bond acceptors (Lipinski definition) is 5. The van der Waals surface area contributed by atoms with Gasteiger partial charge in [0.1, 0.15) is 5.03 Å². The molecule has 1 aliphatic carbocycles. The fourth-order valence-electron chi connectivity index (χ4n) is 1.96. The van der Waals surface area contributed by atoms with Gasteiger partial charge in [0.15, 0.2) is 5.65 Å². The van der Waals surface area contributed by atoms with Gasteiger partial charge in [0, 0.05) is 5.75 Å². The highest BCUT2D eigenvalue weighted by Gasteiger charge is 2.44. The summed E-state index contributed by atoms with van der Waals surface area (Å²) < 4.78 is 1.21. The molecule has 7 nitrogen and oxygen atoms in total. The first kappa shape index (κ1) is 12.2. The zero-order valence-corrected chi connectivity index (χ0v) is 10.8. The van der Waals surface area contributed by atoms with E-state index in [1.54, 1.807) is 12.1 Å². The van der Waals surface area contributed by atoms with Crippen LogP contribution in [0.3, 0.4) is 0 Å². The van der Waals surface area contributed by atoms with Crippen molar-refractivity contribution in [2.45, 2.75) is 24.3 Å². The third-order valence-electron chi connectivity index (χ3n) is 3.26. The monoisotopic (exact) mass is 280 g/mol. The first-order valence-electron chi connectivity index (χ1n) is 5.87. The molecule has 0 amide bonds. The molecular formula is C11H12N4O3S. The molecule has 100 valence electrons. The van der Waals surface area contributed by atoms with Crippen LogP contribution in [0.5, 0.6) is 0 Å². The van der Waals surface area contributed by atoms with Crippen molar-refractivity contribution in [3.63, 3.8) is 0 Å². The lowest BCUT2D eigenvalue weighted by Crippen LogP contribution is -2.13. The highest BCUT2D eigenvalue weighted by atomic mass is 32.2. The van der Waals surface area contributed by atoms with Gasteiger partial charge in [0.05, 0.1) is 6.42 Å². The molecule has 0 spiro atoms. The Kier molecular flexibility index (Phi) is 2.81. The second kappa shape index (κ2) is 4.37. The van der Waals surface area contributed by atoms with Gasteiger partial charge in [-0.1, -0.05) is 0 Å². The van der Waals surface area contributed by atoms with Gasteiger partial charge in [-0.15, -0.1) is 11.8 Å². The van der Waals surface area contributed by atoms with Crippen molar-refractivity contribution >= 4 is 23.4 Å². The lowest BCUT2D eigenvalue weighted by Gasteiger charge is -2.10. The van der Waals surface area contributed by atoms with Crippen LogP contribution in [0.2, 0.25) is 0 Å². The molecular weight excluding hydrogens is 268 g/mol. The second-order valence-electron chi connectivity index (χ2n) is 4.83. The molecule has 2 heterocycles. The number of aromatic amines is 1. The highest BCUT2D eigenvalue weighted by molar-refractivity contribution is 7.99. The van der Waals surface area contributed by atoms with E-state index in [4.69, 9.17) is 5.11 Å². The minimum atomic E-state index is -0.757. The van der Waals surface area contributed by atoms with E-state index in [0.29, 0.717) is 16.4 Å². The van der Waals surface area contributed by atoms with Crippen LogP contribution in [0.15, 0.2) is 22.0 Å². The van der Waals surface area contributed by atoms with Crippen LogP contribution in [0.4, 0.5) is 0 Å². The normalized spacial score (nSPS) is 16.6. The number of H-pyrrole nitrogens is 1. The summed E-state index contributed by atoms with van der Waals surface area (Å²) in [5.74, 6) is -0.0442. The number of nitrogens with zero attached hydrogens (tertiary/aromatic N) is 3. The maximum Gasteiger partial charge on any atom is 0.364 e. The van der Waals surface area contributed by atoms with Gasteiger partial charge in [0.25, 0.3) is 0 Å². The molecule has 3 rings (SSSR count). The standard InChI is InChI=1S/C11H12N4O3S/c16-9(17)5-11(3-4-11)6-19-8-2-1-7-12-13-10(18)15(7)14-8/h1-2H,3-6H2,(H,13,18)(H,16,17). The van der Waals surface area contributed by atoms with Crippen LogP contribution < -0.4 is 5.69 Å². The Bertz CT molecular complexity index is 689. The zero-order valence-electron chi connectivity index (χ0n) is 10.00. The van der Waals surface area contributed by atoms with Crippen molar-refractivity contribution in [3.8, 4) is 0 Å². The average molecular weight is 280 g/mol. The lowest BCUT2D eigenvalue weighted by atomic mass is 10.1. The topological polar surface area (TPSA) is 100 Å². The zero-order chi connectivity index (χ0) is 13.5. The van der Waals surface area contributed by atoms with E-state index in [1.807, 2.05) is 0 Å². The summed E-state index contributed by atoms with van der Waals surface area (Å²) >= 11 is 1.48. The number of aliphatic carboxylic acids is 1. The second-order valence-corrected chi connectivity index (χ2v) is 5.83. The van der Waals surface area contributed by atoms with Gasteiger partial charge in [0.2, 0.25) is 0 Å². The fraction of sp³-hybridized carbons (Fsp3) is 0.455. The van der Waals surface area contributed by atoms with Crippen LogP contribution in [-0.2, 0) is 4.79 Å². The van der Waals surface area contributed by atoms with E-state index < -0.39 is 5.97 Å². The smallest absolute Gasteiger partial charge is 0.364 e. The highest BCUT2D eigenvalue weighted by Crippen LogP contribution is 2.51. The van der Waals surface area contributed by atoms with Crippen molar-refractivity contribution in [1.82, 2.24) is 19.8 Å². The Morgan fingerprint density at radius 1 is 1.53 bits per heavy atom. The van der Waals surface area contributed by atoms with Gasteiger partial charge in [-0.2, -0.15) is 14.7 Å². The van der Waals surface area contributed by atoms with Crippen LogP contribution >= 0.6 is 11.8 Å².